The van der Waals surface area contributed by atoms with Crippen LogP contribution in [0.1, 0.15) is 81.3 Å². The number of nitrogens with one attached hydrogen (secondary N) is 1. The molecule has 23 nitrogen and oxygen atoms in total. The van der Waals surface area contributed by atoms with Crippen LogP contribution in [0.4, 0.5) is 5.69 Å². The van der Waals surface area contributed by atoms with Gasteiger partial charge in [0.2, 0.25) is 5.91 Å². The first-order valence-corrected chi connectivity index (χ1v) is 24.1. The first-order chi connectivity index (χ1) is 34.1. The Hall–Kier alpha value is -5.47. The van der Waals surface area contributed by atoms with Crippen LogP contribution in [0.5, 0.6) is 0 Å². The van der Waals surface area contributed by atoms with E-state index in [1.807, 2.05) is 4.57 Å². The van der Waals surface area contributed by atoms with Crippen LogP contribution in [0, 0.1) is 27.9 Å². The number of aliphatic hydroxyl groups excluding tert-OH is 5. The zero-order valence-corrected chi connectivity index (χ0v) is 39.3. The third kappa shape index (κ3) is 12.1. The second-order valence-electron chi connectivity index (χ2n) is 19.1. The van der Waals surface area contributed by atoms with Crippen LogP contribution in [0.25, 0.3) is 10.9 Å². The lowest BCUT2D eigenvalue weighted by Crippen LogP contribution is -2.64. The van der Waals surface area contributed by atoms with Crippen LogP contribution in [-0.2, 0) is 51.2 Å². The third-order valence-corrected chi connectivity index (χ3v) is 14.1. The summed E-state index contributed by atoms with van der Waals surface area (Å²) in [7, 11) is 0. The van der Waals surface area contributed by atoms with Crippen molar-refractivity contribution in [3.8, 4) is 0 Å². The fourth-order valence-corrected chi connectivity index (χ4v) is 10.2. The number of amides is 1. The van der Waals surface area contributed by atoms with Crippen LogP contribution in [0.2, 0.25) is 0 Å². The molecule has 4 aromatic rings. The molecule has 0 bridgehead atoms. The summed E-state index contributed by atoms with van der Waals surface area (Å²) in [6.07, 6.45) is -11.0. The van der Waals surface area contributed by atoms with Gasteiger partial charge in [0.25, 0.3) is 5.69 Å². The van der Waals surface area contributed by atoms with Gasteiger partial charge < -0.3 is 68.9 Å². The molecule has 23 heteroatoms. The maximum atomic E-state index is 14.1. The van der Waals surface area contributed by atoms with E-state index in [1.165, 1.54) is 31.2 Å². The molecule has 4 heterocycles. The number of rotatable bonds is 18. The fourth-order valence-electron chi connectivity index (χ4n) is 10.2. The molecule has 9 unspecified atom stereocenters. The molecule has 2 aromatic heterocycles. The number of benzene rings is 2. The van der Waals surface area contributed by atoms with Crippen LogP contribution < -0.4 is 5.32 Å². The van der Waals surface area contributed by atoms with Crippen LogP contribution in [0.15, 0.2) is 67.0 Å². The summed E-state index contributed by atoms with van der Waals surface area (Å²) in [5.74, 6) is -3.93. The molecular formula is C48H62N6O17. The zero-order valence-electron chi connectivity index (χ0n) is 39.3. The average molecular weight is 995 g/mol. The van der Waals surface area contributed by atoms with E-state index < -0.39 is 121 Å². The Morgan fingerprint density at radius 2 is 1.66 bits per heavy atom. The smallest absolute Gasteiger partial charge is 0.338 e. The minimum atomic E-state index is -1.72. The van der Waals surface area contributed by atoms with Gasteiger partial charge in [0.05, 0.1) is 53.7 Å². The Labute approximate surface area is 407 Å². The summed E-state index contributed by atoms with van der Waals surface area (Å²) < 4.78 is 40.7. The maximum Gasteiger partial charge on any atom is 0.338 e. The molecule has 2 aromatic carbocycles. The SMILES string of the molecule is CC1CC(C(=O)NCc2cn(Cn3ccc4cc([N+](=O)[O-])ccc43)nn2)C[C@@H](O[C@@H]2OC(CO)[C@H](O)C(O[C@@H](CC3CCCCC3)C(=O)O)C2OC(=O)c2ccccc2)C1O[C@@H]1OC(C)[C@@H](O)C(O)C1O. The summed E-state index contributed by atoms with van der Waals surface area (Å²) in [5.41, 5.74) is 1.23. The van der Waals surface area contributed by atoms with Crippen LogP contribution in [-0.4, -0.2) is 159 Å². The van der Waals surface area contributed by atoms with E-state index in [9.17, 15) is 55.1 Å². The molecule has 15 atom stereocenters. The highest BCUT2D eigenvalue weighted by molar-refractivity contribution is 5.89. The number of carboxylic acid groups (broad SMARTS) is 1. The maximum absolute atomic E-state index is 14.1. The van der Waals surface area contributed by atoms with Crippen molar-refractivity contribution >= 4 is 34.4 Å². The predicted octanol–water partition coefficient (Wildman–Crippen LogP) is 2.02. The molecule has 2 aliphatic heterocycles. The zero-order chi connectivity index (χ0) is 50.5. The van der Waals surface area contributed by atoms with Gasteiger partial charge in [-0.3, -0.25) is 14.9 Å². The Morgan fingerprint density at radius 3 is 2.38 bits per heavy atom. The van der Waals surface area contributed by atoms with Crippen molar-refractivity contribution in [2.45, 2.75) is 158 Å². The Morgan fingerprint density at radius 1 is 0.901 bits per heavy atom. The number of carboxylic acids is 1. The minimum absolute atomic E-state index is 0.0181. The van der Waals surface area contributed by atoms with E-state index in [0.29, 0.717) is 11.1 Å². The minimum Gasteiger partial charge on any atom is -0.479 e. The number of hydrogen-bond donors (Lipinski definition) is 7. The van der Waals surface area contributed by atoms with Crippen molar-refractivity contribution in [3.63, 3.8) is 0 Å². The number of nitro benzene ring substituents is 1. The number of carbonyl (C=O) groups excluding carboxylic acids is 2. The van der Waals surface area contributed by atoms with Gasteiger partial charge in [-0.25, -0.2) is 14.3 Å². The highest BCUT2D eigenvalue weighted by Crippen LogP contribution is 2.39. The van der Waals surface area contributed by atoms with Crippen molar-refractivity contribution < 1.29 is 78.4 Å². The normalized spacial score (nSPS) is 32.0. The van der Waals surface area contributed by atoms with E-state index in [4.69, 9.17) is 28.4 Å². The molecule has 7 N–H and O–H groups in total. The highest BCUT2D eigenvalue weighted by atomic mass is 16.7. The number of aliphatic hydroxyl groups is 5. The van der Waals surface area contributed by atoms with E-state index in [1.54, 1.807) is 54.3 Å². The van der Waals surface area contributed by atoms with Gasteiger partial charge in [0, 0.05) is 29.6 Å². The molecule has 8 rings (SSSR count). The van der Waals surface area contributed by atoms with Gasteiger partial charge in [0.15, 0.2) is 24.8 Å². The molecule has 4 aliphatic rings. The van der Waals surface area contributed by atoms with Gasteiger partial charge in [0.1, 0.15) is 49.0 Å². The molecule has 71 heavy (non-hydrogen) atoms. The molecule has 4 fully saturated rings. The number of nitrogens with zero attached hydrogens (tertiary/aromatic N) is 5. The molecule has 2 saturated carbocycles. The summed E-state index contributed by atoms with van der Waals surface area (Å²) in [4.78, 5) is 51.6. The number of hydrogen-bond acceptors (Lipinski definition) is 18. The fraction of sp³-hybridized carbons (Fsp3) is 0.604. The number of non-ortho nitro benzene ring substituents is 1. The standard InChI is InChI=1S/C48H62N6O17/c1-25-17-30(44(60)49-21-31-22-53(51-50-31)24-52-16-15-29-19-32(54(64)65)13-14-33(29)52)20-34(41(25)71-47-40(59)39(58)37(56)26(2)66-47)68-48-43(70-46(63)28-11-7-4-8-12-28)42(38(57)36(23-55)69-48)67-35(45(61)62)18-27-9-5-3-6-10-27/h4,7-8,11-16,19,22,25-27,30,34-43,47-48,55-59H,3,5-6,9-10,17-18,20-21,23-24H2,1-2H3,(H,49,60)(H,61,62)/t25?,26?,30?,34-,35+,36?,37-,38+,39?,40?,41?,42?,43?,47+,48-/m1/s1. The first kappa shape index (κ1) is 51.9. The largest absolute Gasteiger partial charge is 0.479 e. The lowest BCUT2D eigenvalue weighted by Gasteiger charge is -2.48. The van der Waals surface area contributed by atoms with Gasteiger partial charge in [-0.15, -0.1) is 5.10 Å². The number of nitro groups is 1. The van der Waals surface area contributed by atoms with Gasteiger partial charge in [-0.2, -0.15) is 0 Å². The van der Waals surface area contributed by atoms with E-state index in [0.717, 1.165) is 37.6 Å². The van der Waals surface area contributed by atoms with Crippen molar-refractivity contribution in [2.75, 3.05) is 6.61 Å². The van der Waals surface area contributed by atoms with Crippen molar-refractivity contribution in [3.05, 3.63) is 88.4 Å². The lowest BCUT2D eigenvalue weighted by atomic mass is 9.77. The summed E-state index contributed by atoms with van der Waals surface area (Å²) in [5, 5.41) is 88.1. The summed E-state index contributed by atoms with van der Waals surface area (Å²) in [6.45, 7) is 2.66. The third-order valence-electron chi connectivity index (χ3n) is 14.1. The topological polar surface area (TPSA) is 319 Å². The van der Waals surface area contributed by atoms with Crippen molar-refractivity contribution in [1.29, 1.82) is 0 Å². The van der Waals surface area contributed by atoms with E-state index >= 15 is 0 Å². The second kappa shape index (κ2) is 22.9. The number of esters is 1. The molecular weight excluding hydrogens is 933 g/mol. The average Bonchev–Trinajstić information content (AvgIpc) is 4.00. The quantitative estimate of drug-likeness (QED) is 0.0426. The Bertz CT molecular complexity index is 2450. The number of carbonyl (C=O) groups is 3. The van der Waals surface area contributed by atoms with E-state index in [2.05, 4.69) is 15.6 Å². The van der Waals surface area contributed by atoms with Crippen molar-refractivity contribution in [1.82, 2.24) is 24.9 Å². The van der Waals surface area contributed by atoms with Gasteiger partial charge in [-0.05, 0) is 62.3 Å². The second-order valence-corrected chi connectivity index (χ2v) is 19.1. The predicted molar refractivity (Wildman–Crippen MR) is 245 cm³/mol. The monoisotopic (exact) mass is 994 g/mol. The van der Waals surface area contributed by atoms with Crippen LogP contribution in [0.3, 0.4) is 0 Å². The molecule has 0 radical (unpaired) electrons. The molecule has 1 amide bonds. The Balaban J connectivity index is 1.04. The van der Waals surface area contributed by atoms with Gasteiger partial charge >= 0.3 is 11.9 Å². The first-order valence-electron chi connectivity index (χ1n) is 24.1. The molecule has 2 aliphatic carbocycles. The Kier molecular flexibility index (Phi) is 16.8. The lowest BCUT2D eigenvalue weighted by molar-refractivity contribution is -0.384. The summed E-state index contributed by atoms with van der Waals surface area (Å²) >= 11 is 0. The van der Waals surface area contributed by atoms with Crippen molar-refractivity contribution in [2.24, 2.45) is 17.8 Å². The number of fused-ring (bicyclic) bond motifs is 1. The number of ether oxygens (including phenoxy) is 6. The van der Waals surface area contributed by atoms with Gasteiger partial charge in [-0.1, -0.05) is 62.4 Å². The molecule has 2 saturated heterocycles. The van der Waals surface area contributed by atoms with E-state index in [-0.39, 0.29) is 49.6 Å². The van der Waals surface area contributed by atoms with Crippen LogP contribution >= 0.6 is 0 Å². The highest BCUT2D eigenvalue weighted by Gasteiger charge is 2.54. The summed E-state index contributed by atoms with van der Waals surface area (Å²) in [6, 6.07) is 14.2. The number of aromatic nitrogens is 4. The number of aliphatic carboxylic acids is 1. The molecule has 0 spiro atoms. The molecule has 386 valence electrons.